The monoisotopic (exact) mass is 952 g/mol. The van der Waals surface area contributed by atoms with E-state index in [1.54, 1.807) is 56.2 Å². The Morgan fingerprint density at radius 1 is 0.431 bits per heavy atom. The molecular weight excluding hydrogens is 915 g/mol. The molecule has 7 heterocycles. The summed E-state index contributed by atoms with van der Waals surface area (Å²) in [4.78, 5) is 35.3. The Labute approximate surface area is 368 Å². The minimum atomic E-state index is 0. The van der Waals surface area contributed by atoms with Crippen LogP contribution in [0.4, 0.5) is 0 Å². The molecule has 9 N–H and O–H groups in total. The molecule has 58 heavy (non-hydrogen) atoms. The summed E-state index contributed by atoms with van der Waals surface area (Å²) in [5.74, 6) is 0. The molecule has 0 aliphatic rings. The molecule has 13 nitrogen and oxygen atoms in total. The maximum absolute atomic E-state index is 7.57. The minimum absolute atomic E-state index is 0. The standard InChI is InChI=1S/C18H8Cl2N4.2C10H8N2.C2H6O.2ClH.4H2O.Ru/c19-11-7-13-14(8-12(11)20)24-18-10-4-2-6-22-16(10)15-9(17(18)23-13)3-1-5-21-15;2*1-3-7-11-9(5-1)10-6-2-4-8-12-10;1-2-3;;;;;;;/h1-8H;2*1-8H;3H,2H2,1H3;2*1H;4*1H2;/q;;;;;;;;;;+2/p-2. The van der Waals surface area contributed by atoms with Crippen LogP contribution in [0.1, 0.15) is 6.92 Å². The van der Waals surface area contributed by atoms with Gasteiger partial charge in [-0.1, -0.05) is 47.5 Å². The number of rotatable bonds is 2. The molecule has 0 unspecified atom stereocenters. The zero-order chi connectivity index (χ0) is 35.4. The van der Waals surface area contributed by atoms with Crippen LogP contribution in [0.5, 0.6) is 0 Å². The fraction of sp³-hybridized carbons (Fsp3) is 0.0500. The molecule has 0 radical (unpaired) electrons. The number of hydrogen-bond acceptors (Lipinski definition) is 9. The summed E-state index contributed by atoms with van der Waals surface area (Å²) < 4.78 is 0. The van der Waals surface area contributed by atoms with Gasteiger partial charge >= 0.3 is 19.5 Å². The molecular formula is C40H38Cl4N8O5Ru. The molecule has 18 heteroatoms. The van der Waals surface area contributed by atoms with E-state index in [2.05, 4.69) is 29.9 Å². The number of aliphatic hydroxyl groups excluding tert-OH is 1. The summed E-state index contributed by atoms with van der Waals surface area (Å²) in [7, 11) is 0. The van der Waals surface area contributed by atoms with E-state index in [4.69, 9.17) is 38.3 Å². The quantitative estimate of drug-likeness (QED) is 0.141. The van der Waals surface area contributed by atoms with Crippen molar-refractivity contribution in [2.75, 3.05) is 6.61 Å². The van der Waals surface area contributed by atoms with Crippen LogP contribution in [-0.4, -0.2) is 73.5 Å². The van der Waals surface area contributed by atoms with Gasteiger partial charge in [-0.3, -0.25) is 29.9 Å². The molecule has 0 fully saturated rings. The first kappa shape index (κ1) is 55.1. The van der Waals surface area contributed by atoms with Crippen molar-refractivity contribution < 1.29 is 71.3 Å². The Bertz CT molecular complexity index is 2280. The first-order valence-corrected chi connectivity index (χ1v) is 16.7. The van der Waals surface area contributed by atoms with Gasteiger partial charge in [0.25, 0.3) is 0 Å². The Kier molecular flexibility index (Phi) is 26.3. The number of benzene rings is 2. The topological polar surface area (TPSA) is 249 Å². The normalized spacial score (nSPS) is 9.17. The largest absolute Gasteiger partial charge is 2.00 e. The first-order chi connectivity index (χ1) is 25.1. The number of nitrogens with zero attached hydrogens (tertiary/aromatic N) is 8. The maximum atomic E-state index is 7.57. The van der Waals surface area contributed by atoms with Crippen molar-refractivity contribution in [1.29, 1.82) is 0 Å². The van der Waals surface area contributed by atoms with E-state index in [1.165, 1.54) is 0 Å². The van der Waals surface area contributed by atoms with Crippen LogP contribution in [0.3, 0.4) is 0 Å². The Morgan fingerprint density at radius 2 is 0.707 bits per heavy atom. The molecule has 0 atom stereocenters. The zero-order valence-corrected chi connectivity index (χ0v) is 35.2. The predicted octanol–water partition coefficient (Wildman–Crippen LogP) is 0.179. The predicted molar refractivity (Wildman–Crippen MR) is 220 cm³/mol. The SMILES string of the molecule is CCO.Clc1cc2nc3c4cccnc4c4ncccc4c3nc2cc1Cl.O.O.O.O.[Cl-].[Cl-].[Ru+2].c1ccc(-c2ccccn2)nc1.c1ccc(-c2ccccn2)nc1. The molecule has 304 valence electrons. The fourth-order valence-electron chi connectivity index (χ4n) is 5.05. The van der Waals surface area contributed by atoms with Gasteiger partial charge in [-0.05, 0) is 91.9 Å². The van der Waals surface area contributed by atoms with Crippen molar-refractivity contribution in [3.63, 3.8) is 0 Å². The second-order valence-corrected chi connectivity index (χ2v) is 11.5. The number of aromatic nitrogens is 8. The third-order valence-electron chi connectivity index (χ3n) is 7.24. The first-order valence-electron chi connectivity index (χ1n) is 15.9. The summed E-state index contributed by atoms with van der Waals surface area (Å²) in [5.41, 5.74) is 8.25. The van der Waals surface area contributed by atoms with Crippen LogP contribution < -0.4 is 24.8 Å². The summed E-state index contributed by atoms with van der Waals surface area (Å²) >= 11 is 12.3. The van der Waals surface area contributed by atoms with Gasteiger partial charge in [-0.25, -0.2) is 9.97 Å². The summed E-state index contributed by atoms with van der Waals surface area (Å²) in [6.07, 6.45) is 10.6. The van der Waals surface area contributed by atoms with Gasteiger partial charge < -0.3 is 51.8 Å². The summed E-state index contributed by atoms with van der Waals surface area (Å²) in [6.45, 7) is 1.93. The van der Waals surface area contributed by atoms with Crippen molar-refractivity contribution in [3.05, 3.63) is 156 Å². The molecule has 0 aliphatic carbocycles. The van der Waals surface area contributed by atoms with Crippen LogP contribution in [-0.2, 0) is 19.5 Å². The van der Waals surface area contributed by atoms with E-state index < -0.39 is 0 Å². The molecule has 9 rings (SSSR count). The van der Waals surface area contributed by atoms with Crippen molar-refractivity contribution >= 4 is 67.1 Å². The number of fused-ring (bicyclic) bond motifs is 7. The molecule has 0 saturated carbocycles. The van der Waals surface area contributed by atoms with Gasteiger partial charge in [0.15, 0.2) is 0 Å². The molecule has 0 bridgehead atoms. The van der Waals surface area contributed by atoms with Crippen molar-refractivity contribution in [2.45, 2.75) is 6.92 Å². The maximum Gasteiger partial charge on any atom is 2.00 e. The van der Waals surface area contributed by atoms with Gasteiger partial charge in [-0.15, -0.1) is 0 Å². The molecule has 7 aromatic heterocycles. The van der Waals surface area contributed by atoms with E-state index >= 15 is 0 Å². The molecule has 0 amide bonds. The van der Waals surface area contributed by atoms with Crippen molar-refractivity contribution in [2.24, 2.45) is 0 Å². The Morgan fingerprint density at radius 3 is 0.966 bits per heavy atom. The van der Waals surface area contributed by atoms with Crippen LogP contribution in [0.25, 0.3) is 66.6 Å². The third-order valence-corrected chi connectivity index (χ3v) is 7.96. The van der Waals surface area contributed by atoms with Crippen molar-refractivity contribution in [3.8, 4) is 22.8 Å². The smallest absolute Gasteiger partial charge is 1.00 e. The Hall–Kier alpha value is -4.96. The van der Waals surface area contributed by atoms with Gasteiger partial charge in [0.2, 0.25) is 0 Å². The zero-order valence-electron chi connectivity index (χ0n) is 30.5. The Balaban J connectivity index is 0. The van der Waals surface area contributed by atoms with E-state index in [0.717, 1.165) is 55.6 Å². The minimum Gasteiger partial charge on any atom is -1.00 e. The summed E-state index contributed by atoms with van der Waals surface area (Å²) in [6, 6.07) is 34.4. The molecule has 9 aromatic rings. The van der Waals surface area contributed by atoms with Gasteiger partial charge in [0.1, 0.15) is 0 Å². The van der Waals surface area contributed by atoms with Crippen LogP contribution in [0.2, 0.25) is 10.0 Å². The molecule has 2 aromatic carbocycles. The number of aliphatic hydroxyl groups is 1. The number of hydrogen-bond donors (Lipinski definition) is 1. The van der Waals surface area contributed by atoms with E-state index in [9.17, 15) is 0 Å². The number of pyridine rings is 6. The number of halogens is 4. The van der Waals surface area contributed by atoms with Gasteiger partial charge in [0.05, 0.1) is 65.9 Å². The van der Waals surface area contributed by atoms with E-state index in [1.807, 2.05) is 97.1 Å². The molecule has 0 spiro atoms. The van der Waals surface area contributed by atoms with Crippen LogP contribution in [0, 0.1) is 0 Å². The average molecular weight is 954 g/mol. The molecule has 0 aliphatic heterocycles. The second-order valence-electron chi connectivity index (χ2n) is 10.7. The fourth-order valence-corrected chi connectivity index (χ4v) is 5.37. The average Bonchev–Trinajstić information content (AvgIpc) is 3.20. The van der Waals surface area contributed by atoms with Crippen molar-refractivity contribution in [1.82, 2.24) is 39.9 Å². The molecule has 0 saturated heterocycles. The van der Waals surface area contributed by atoms with Gasteiger partial charge in [-0.2, -0.15) is 0 Å². The van der Waals surface area contributed by atoms with Crippen LogP contribution >= 0.6 is 23.2 Å². The van der Waals surface area contributed by atoms with Crippen LogP contribution in [0.15, 0.2) is 146 Å². The second kappa shape index (κ2) is 27.6. The third kappa shape index (κ3) is 13.6. The van der Waals surface area contributed by atoms with Gasteiger partial charge in [0, 0.05) is 54.6 Å². The summed E-state index contributed by atoms with van der Waals surface area (Å²) in [5, 5.41) is 10.3. The van der Waals surface area contributed by atoms with E-state index in [-0.39, 0.29) is 72.8 Å². The van der Waals surface area contributed by atoms with E-state index in [0.29, 0.717) is 21.1 Å².